The summed E-state index contributed by atoms with van der Waals surface area (Å²) < 4.78 is 42.2. The molecule has 1 aromatic carbocycles. The zero-order valence-corrected chi connectivity index (χ0v) is 9.08. The first kappa shape index (κ1) is 11.8. The summed E-state index contributed by atoms with van der Waals surface area (Å²) in [4.78, 5) is 4.07. The van der Waals surface area contributed by atoms with E-state index in [0.717, 1.165) is 12.1 Å². The molecule has 0 amide bonds. The zero-order chi connectivity index (χ0) is 12.7. The first-order valence-electron chi connectivity index (χ1n) is 4.97. The van der Waals surface area contributed by atoms with Crippen LogP contribution in [-0.4, -0.2) is 12.6 Å². The lowest BCUT2D eigenvalue weighted by Gasteiger charge is -2.19. The van der Waals surface area contributed by atoms with E-state index in [0.29, 0.717) is 5.56 Å². The monoisotopic (exact) mass is 244 g/mol. The number of amidine groups is 1. The highest BCUT2D eigenvalue weighted by Crippen LogP contribution is 2.33. The van der Waals surface area contributed by atoms with Crippen LogP contribution in [0, 0.1) is 0 Å². The number of hydrogen-bond acceptors (Lipinski definition) is 3. The highest BCUT2D eigenvalue weighted by atomic mass is 19.4. The van der Waals surface area contributed by atoms with E-state index in [1.807, 2.05) is 0 Å². The molecule has 0 fully saturated rings. The van der Waals surface area contributed by atoms with Crippen LogP contribution < -0.4 is 5.73 Å². The van der Waals surface area contributed by atoms with Crippen molar-refractivity contribution in [2.45, 2.75) is 18.6 Å². The summed E-state index contributed by atoms with van der Waals surface area (Å²) in [6.45, 7) is 2.00. The molecule has 6 heteroatoms. The van der Waals surface area contributed by atoms with Crippen molar-refractivity contribution >= 4 is 6.02 Å². The van der Waals surface area contributed by atoms with Crippen molar-refractivity contribution in [3.05, 3.63) is 35.4 Å². The Bertz CT molecular complexity index is 453. The lowest BCUT2D eigenvalue weighted by atomic mass is 9.93. The van der Waals surface area contributed by atoms with Gasteiger partial charge in [0.25, 0.3) is 6.02 Å². The Hall–Kier alpha value is -1.72. The minimum absolute atomic E-state index is 0.0624. The summed E-state index contributed by atoms with van der Waals surface area (Å²) in [5.41, 5.74) is 4.66. The summed E-state index contributed by atoms with van der Waals surface area (Å²) in [7, 11) is 0. The Balaban J connectivity index is 2.31. The SMILES string of the molecule is C[C@]1(c2ccc(C(F)(F)F)cc2)COC(N)=N1. The Labute approximate surface area is 96.1 Å². The van der Waals surface area contributed by atoms with E-state index in [-0.39, 0.29) is 12.6 Å². The van der Waals surface area contributed by atoms with Gasteiger partial charge >= 0.3 is 6.18 Å². The molecule has 0 aliphatic carbocycles. The number of halogens is 3. The molecule has 2 N–H and O–H groups in total. The van der Waals surface area contributed by atoms with Gasteiger partial charge in [0, 0.05) is 0 Å². The van der Waals surface area contributed by atoms with Crippen molar-refractivity contribution in [2.75, 3.05) is 6.61 Å². The van der Waals surface area contributed by atoms with E-state index in [4.69, 9.17) is 10.5 Å². The van der Waals surface area contributed by atoms with E-state index in [1.165, 1.54) is 12.1 Å². The number of nitrogens with two attached hydrogens (primary N) is 1. The summed E-state index contributed by atoms with van der Waals surface area (Å²) in [5.74, 6) is 0. The van der Waals surface area contributed by atoms with Gasteiger partial charge in [-0.05, 0) is 24.6 Å². The van der Waals surface area contributed by atoms with Crippen LogP contribution in [0.25, 0.3) is 0 Å². The maximum absolute atomic E-state index is 12.4. The van der Waals surface area contributed by atoms with E-state index in [1.54, 1.807) is 6.92 Å². The van der Waals surface area contributed by atoms with Crippen LogP contribution in [0.3, 0.4) is 0 Å². The molecule has 0 aromatic heterocycles. The zero-order valence-electron chi connectivity index (χ0n) is 9.08. The number of nitrogens with zero attached hydrogens (tertiary/aromatic N) is 1. The third kappa shape index (κ3) is 2.20. The first-order valence-corrected chi connectivity index (χ1v) is 4.97. The average molecular weight is 244 g/mol. The Morgan fingerprint density at radius 1 is 1.29 bits per heavy atom. The molecule has 17 heavy (non-hydrogen) atoms. The van der Waals surface area contributed by atoms with Crippen LogP contribution in [-0.2, 0) is 16.5 Å². The van der Waals surface area contributed by atoms with E-state index < -0.39 is 17.3 Å². The van der Waals surface area contributed by atoms with E-state index in [9.17, 15) is 13.2 Å². The van der Waals surface area contributed by atoms with Crippen LogP contribution in [0.2, 0.25) is 0 Å². The van der Waals surface area contributed by atoms with Crippen LogP contribution in [0.5, 0.6) is 0 Å². The summed E-state index contributed by atoms with van der Waals surface area (Å²) in [6, 6.07) is 4.92. The van der Waals surface area contributed by atoms with Gasteiger partial charge in [-0.25, -0.2) is 4.99 Å². The molecule has 0 radical (unpaired) electrons. The van der Waals surface area contributed by atoms with Gasteiger partial charge in [0.05, 0.1) is 5.56 Å². The van der Waals surface area contributed by atoms with Gasteiger partial charge in [-0.15, -0.1) is 0 Å². The second-order valence-corrected chi connectivity index (χ2v) is 4.09. The van der Waals surface area contributed by atoms with Crippen molar-refractivity contribution in [2.24, 2.45) is 10.7 Å². The molecule has 0 unspecified atom stereocenters. The third-order valence-electron chi connectivity index (χ3n) is 2.69. The van der Waals surface area contributed by atoms with Crippen molar-refractivity contribution < 1.29 is 17.9 Å². The number of hydrogen-bond donors (Lipinski definition) is 1. The average Bonchev–Trinajstić information content (AvgIpc) is 2.59. The van der Waals surface area contributed by atoms with Crippen LogP contribution in [0.1, 0.15) is 18.1 Å². The Morgan fingerprint density at radius 2 is 1.88 bits per heavy atom. The molecule has 1 aromatic rings. The standard InChI is InChI=1S/C11H11F3N2O/c1-10(6-17-9(15)16-10)7-2-4-8(5-3-7)11(12,13)14/h2-5H,6H2,1H3,(H2,15,16)/t10-/m1/s1. The first-order chi connectivity index (χ1) is 7.81. The fourth-order valence-corrected chi connectivity index (χ4v) is 1.69. The highest BCUT2D eigenvalue weighted by molar-refractivity contribution is 5.74. The van der Waals surface area contributed by atoms with Crippen molar-refractivity contribution in [1.29, 1.82) is 0 Å². The van der Waals surface area contributed by atoms with Gasteiger partial charge in [-0.2, -0.15) is 13.2 Å². The topological polar surface area (TPSA) is 47.6 Å². The maximum atomic E-state index is 12.4. The number of ether oxygens (including phenoxy) is 1. The molecule has 0 saturated heterocycles. The number of alkyl halides is 3. The molecule has 1 heterocycles. The minimum atomic E-state index is -4.33. The molecule has 1 aliphatic heterocycles. The Kier molecular flexibility index (Phi) is 2.52. The summed E-state index contributed by atoms with van der Waals surface area (Å²) in [5, 5.41) is 0. The number of rotatable bonds is 1. The normalized spacial score (nSPS) is 24.4. The molecule has 1 aliphatic rings. The molecule has 0 spiro atoms. The predicted molar refractivity (Wildman–Crippen MR) is 56.4 cm³/mol. The third-order valence-corrected chi connectivity index (χ3v) is 2.69. The smallest absolute Gasteiger partial charge is 0.416 e. The minimum Gasteiger partial charge on any atom is -0.462 e. The fraction of sp³-hybridized carbons (Fsp3) is 0.364. The Morgan fingerprint density at radius 3 is 2.29 bits per heavy atom. The van der Waals surface area contributed by atoms with Gasteiger partial charge in [0.15, 0.2) is 0 Å². The van der Waals surface area contributed by atoms with Crippen LogP contribution in [0.4, 0.5) is 13.2 Å². The second kappa shape index (κ2) is 3.65. The molecule has 92 valence electrons. The van der Waals surface area contributed by atoms with Gasteiger partial charge < -0.3 is 10.5 Å². The molecule has 0 saturated carbocycles. The lowest BCUT2D eigenvalue weighted by Crippen LogP contribution is -2.20. The molecule has 3 nitrogen and oxygen atoms in total. The molecular formula is C11H11F3N2O. The van der Waals surface area contributed by atoms with Gasteiger partial charge in [-0.1, -0.05) is 12.1 Å². The lowest BCUT2D eigenvalue weighted by molar-refractivity contribution is -0.137. The molecule has 0 bridgehead atoms. The van der Waals surface area contributed by atoms with Crippen molar-refractivity contribution in [3.8, 4) is 0 Å². The highest BCUT2D eigenvalue weighted by Gasteiger charge is 2.35. The second-order valence-electron chi connectivity index (χ2n) is 4.09. The molecular weight excluding hydrogens is 233 g/mol. The molecule has 2 rings (SSSR count). The van der Waals surface area contributed by atoms with Gasteiger partial charge in [0.1, 0.15) is 12.1 Å². The van der Waals surface area contributed by atoms with Gasteiger partial charge in [0.2, 0.25) is 0 Å². The fourth-order valence-electron chi connectivity index (χ4n) is 1.69. The van der Waals surface area contributed by atoms with Crippen molar-refractivity contribution in [3.63, 3.8) is 0 Å². The summed E-state index contributed by atoms with van der Waals surface area (Å²) >= 11 is 0. The summed E-state index contributed by atoms with van der Waals surface area (Å²) in [6.07, 6.45) is -4.33. The maximum Gasteiger partial charge on any atom is 0.416 e. The van der Waals surface area contributed by atoms with Crippen LogP contribution in [0.15, 0.2) is 29.3 Å². The quantitative estimate of drug-likeness (QED) is 0.823. The van der Waals surface area contributed by atoms with Gasteiger partial charge in [-0.3, -0.25) is 0 Å². The largest absolute Gasteiger partial charge is 0.462 e. The van der Waals surface area contributed by atoms with E-state index >= 15 is 0 Å². The van der Waals surface area contributed by atoms with Crippen LogP contribution >= 0.6 is 0 Å². The van der Waals surface area contributed by atoms with E-state index in [2.05, 4.69) is 4.99 Å². The predicted octanol–water partition coefficient (Wildman–Crippen LogP) is 2.27. The van der Waals surface area contributed by atoms with Crippen molar-refractivity contribution in [1.82, 2.24) is 0 Å². The number of aliphatic imine (C=N–C) groups is 1. The number of benzene rings is 1. The molecule has 1 atom stereocenters.